The van der Waals surface area contributed by atoms with Crippen LogP contribution in [0.4, 0.5) is 11.8 Å². The zero-order chi connectivity index (χ0) is 11.9. The van der Waals surface area contributed by atoms with Gasteiger partial charge in [-0.15, -0.1) is 5.10 Å². The maximum Gasteiger partial charge on any atom is 0.240 e. The fourth-order valence-corrected chi connectivity index (χ4v) is 1.73. The molecule has 0 aliphatic rings. The van der Waals surface area contributed by atoms with Gasteiger partial charge in [0.1, 0.15) is 5.52 Å². The van der Waals surface area contributed by atoms with Crippen molar-refractivity contribution in [1.82, 2.24) is 14.6 Å². The molecule has 0 spiro atoms. The van der Waals surface area contributed by atoms with Gasteiger partial charge < -0.3 is 11.5 Å². The first-order valence-corrected chi connectivity index (χ1v) is 5.37. The molecule has 0 saturated heterocycles. The molecule has 0 fully saturated rings. The van der Waals surface area contributed by atoms with Crippen LogP contribution >= 0.6 is 0 Å². The molecule has 0 atom stereocenters. The lowest BCUT2D eigenvalue weighted by Gasteiger charge is -2.22. The summed E-state index contributed by atoms with van der Waals surface area (Å²) in [5.41, 5.74) is 13.4. The van der Waals surface area contributed by atoms with Crippen LogP contribution in [-0.4, -0.2) is 14.6 Å². The minimum Gasteiger partial charge on any atom is -0.382 e. The van der Waals surface area contributed by atoms with Crippen LogP contribution in [0.15, 0.2) is 12.1 Å². The summed E-state index contributed by atoms with van der Waals surface area (Å²) in [7, 11) is 0. The van der Waals surface area contributed by atoms with Crippen LogP contribution in [0.5, 0.6) is 0 Å². The van der Waals surface area contributed by atoms with Crippen molar-refractivity contribution in [2.45, 2.75) is 32.6 Å². The lowest BCUT2D eigenvalue weighted by Crippen LogP contribution is -2.20. The summed E-state index contributed by atoms with van der Waals surface area (Å²) in [6.45, 7) is 6.49. The summed E-state index contributed by atoms with van der Waals surface area (Å²) in [4.78, 5) is 3.95. The van der Waals surface area contributed by atoms with Gasteiger partial charge in [0, 0.05) is 11.1 Å². The van der Waals surface area contributed by atoms with E-state index < -0.39 is 0 Å². The van der Waals surface area contributed by atoms with Crippen LogP contribution in [-0.2, 0) is 5.41 Å². The van der Waals surface area contributed by atoms with Crippen molar-refractivity contribution in [2.75, 3.05) is 11.5 Å². The van der Waals surface area contributed by atoms with E-state index in [0.717, 1.165) is 17.6 Å². The van der Waals surface area contributed by atoms with Crippen molar-refractivity contribution in [1.29, 1.82) is 0 Å². The summed E-state index contributed by atoms with van der Waals surface area (Å²) in [6, 6.07) is 3.96. The lowest BCUT2D eigenvalue weighted by atomic mass is 9.87. The number of anilines is 2. The zero-order valence-electron chi connectivity index (χ0n) is 9.86. The standard InChI is InChI=1S/C11H17N5/c1-4-11(2,3)8-6-5-7-9(12)14-10(13)15-16(7)8/h5-6H,4H2,1-3H3,(H4,12,13,14,15). The fraction of sp³-hybridized carbons (Fsp3) is 0.455. The summed E-state index contributed by atoms with van der Waals surface area (Å²) < 4.78 is 1.79. The van der Waals surface area contributed by atoms with Gasteiger partial charge in [-0.2, -0.15) is 4.98 Å². The Morgan fingerprint density at radius 2 is 2.00 bits per heavy atom. The average Bonchev–Trinajstić information content (AvgIpc) is 2.62. The van der Waals surface area contributed by atoms with Crippen molar-refractivity contribution in [3.8, 4) is 0 Å². The van der Waals surface area contributed by atoms with Gasteiger partial charge in [0.25, 0.3) is 0 Å². The van der Waals surface area contributed by atoms with Crippen molar-refractivity contribution < 1.29 is 0 Å². The monoisotopic (exact) mass is 219 g/mol. The summed E-state index contributed by atoms with van der Waals surface area (Å²) in [5, 5.41) is 4.21. The molecule has 2 aromatic rings. The molecule has 2 aromatic heterocycles. The third-order valence-electron chi connectivity index (χ3n) is 3.13. The van der Waals surface area contributed by atoms with Crippen LogP contribution < -0.4 is 11.5 Å². The first-order valence-electron chi connectivity index (χ1n) is 5.37. The van der Waals surface area contributed by atoms with E-state index in [2.05, 4.69) is 30.9 Å². The molecule has 0 aliphatic carbocycles. The second-order valence-electron chi connectivity index (χ2n) is 4.61. The summed E-state index contributed by atoms with van der Waals surface area (Å²) in [6.07, 6.45) is 1.02. The molecule has 0 unspecified atom stereocenters. The van der Waals surface area contributed by atoms with Crippen molar-refractivity contribution in [2.24, 2.45) is 0 Å². The van der Waals surface area contributed by atoms with Gasteiger partial charge in [-0.1, -0.05) is 20.8 Å². The molecule has 4 N–H and O–H groups in total. The predicted octanol–water partition coefficient (Wildman–Crippen LogP) is 1.58. The molecule has 86 valence electrons. The van der Waals surface area contributed by atoms with Crippen LogP contribution in [0.25, 0.3) is 5.52 Å². The number of fused-ring (bicyclic) bond motifs is 1. The van der Waals surface area contributed by atoms with Gasteiger partial charge >= 0.3 is 0 Å². The highest BCUT2D eigenvalue weighted by atomic mass is 15.3. The number of nitrogens with two attached hydrogens (primary N) is 2. The number of rotatable bonds is 2. The van der Waals surface area contributed by atoms with E-state index in [1.54, 1.807) is 4.52 Å². The first-order chi connectivity index (χ1) is 7.45. The number of nitrogen functional groups attached to an aromatic ring is 2. The highest BCUT2D eigenvalue weighted by Gasteiger charge is 2.23. The molecule has 0 radical (unpaired) electrons. The van der Waals surface area contributed by atoms with E-state index in [4.69, 9.17) is 11.5 Å². The Morgan fingerprint density at radius 1 is 1.31 bits per heavy atom. The van der Waals surface area contributed by atoms with E-state index in [1.807, 2.05) is 12.1 Å². The Hall–Kier alpha value is -1.78. The lowest BCUT2D eigenvalue weighted by molar-refractivity contribution is 0.479. The topological polar surface area (TPSA) is 82.2 Å². The Bertz CT molecular complexity index is 526. The van der Waals surface area contributed by atoms with Crippen molar-refractivity contribution >= 4 is 17.3 Å². The fourth-order valence-electron chi connectivity index (χ4n) is 1.73. The molecule has 0 aromatic carbocycles. The summed E-state index contributed by atoms with van der Waals surface area (Å²) in [5.74, 6) is 0.625. The highest BCUT2D eigenvalue weighted by Crippen LogP contribution is 2.29. The Kier molecular flexibility index (Phi) is 2.26. The Morgan fingerprint density at radius 3 is 2.62 bits per heavy atom. The SMILES string of the molecule is CCC(C)(C)c1ccc2c(N)nc(N)nn12. The first kappa shape index (κ1) is 10.7. The predicted molar refractivity (Wildman–Crippen MR) is 65.1 cm³/mol. The van der Waals surface area contributed by atoms with E-state index in [9.17, 15) is 0 Å². The van der Waals surface area contributed by atoms with Gasteiger partial charge in [-0.05, 0) is 18.6 Å². The van der Waals surface area contributed by atoms with E-state index >= 15 is 0 Å². The summed E-state index contributed by atoms with van der Waals surface area (Å²) >= 11 is 0. The average molecular weight is 219 g/mol. The van der Waals surface area contributed by atoms with Gasteiger partial charge in [0.2, 0.25) is 5.95 Å². The van der Waals surface area contributed by atoms with Gasteiger partial charge in [0.15, 0.2) is 5.82 Å². The van der Waals surface area contributed by atoms with Gasteiger partial charge in [-0.25, -0.2) is 4.52 Å². The molecule has 16 heavy (non-hydrogen) atoms. The Labute approximate surface area is 94.5 Å². The third-order valence-corrected chi connectivity index (χ3v) is 3.13. The highest BCUT2D eigenvalue weighted by molar-refractivity contribution is 5.67. The second kappa shape index (κ2) is 3.37. The maximum atomic E-state index is 5.80. The Balaban J connectivity index is 2.74. The maximum absolute atomic E-state index is 5.80. The smallest absolute Gasteiger partial charge is 0.240 e. The number of nitrogens with zero attached hydrogens (tertiary/aromatic N) is 3. The molecule has 5 nitrogen and oxygen atoms in total. The molecule has 0 bridgehead atoms. The molecular formula is C11H17N5. The van der Waals surface area contributed by atoms with Crippen LogP contribution in [0, 0.1) is 0 Å². The number of aromatic nitrogens is 3. The minimum atomic E-state index is 0.0413. The quantitative estimate of drug-likeness (QED) is 0.803. The minimum absolute atomic E-state index is 0.0413. The second-order valence-corrected chi connectivity index (χ2v) is 4.61. The molecule has 0 saturated carbocycles. The van der Waals surface area contributed by atoms with E-state index in [0.29, 0.717) is 5.82 Å². The van der Waals surface area contributed by atoms with Crippen LogP contribution in [0.3, 0.4) is 0 Å². The van der Waals surface area contributed by atoms with Crippen LogP contribution in [0.1, 0.15) is 32.9 Å². The van der Waals surface area contributed by atoms with Crippen molar-refractivity contribution in [3.05, 3.63) is 17.8 Å². The molecule has 2 heterocycles. The molecular weight excluding hydrogens is 202 g/mol. The van der Waals surface area contributed by atoms with Gasteiger partial charge in [0.05, 0.1) is 0 Å². The number of hydrogen-bond donors (Lipinski definition) is 2. The van der Waals surface area contributed by atoms with Crippen LogP contribution in [0.2, 0.25) is 0 Å². The van der Waals surface area contributed by atoms with Gasteiger partial charge in [-0.3, -0.25) is 0 Å². The molecule has 2 rings (SSSR count). The molecule has 5 heteroatoms. The normalized spacial score (nSPS) is 12.2. The zero-order valence-corrected chi connectivity index (χ0v) is 9.86. The molecule has 0 amide bonds. The van der Waals surface area contributed by atoms with E-state index in [-0.39, 0.29) is 11.4 Å². The van der Waals surface area contributed by atoms with E-state index in [1.165, 1.54) is 0 Å². The number of hydrogen-bond acceptors (Lipinski definition) is 4. The third kappa shape index (κ3) is 1.48. The largest absolute Gasteiger partial charge is 0.382 e. The van der Waals surface area contributed by atoms with Crippen molar-refractivity contribution in [3.63, 3.8) is 0 Å². The molecule has 0 aliphatic heterocycles.